The summed E-state index contributed by atoms with van der Waals surface area (Å²) in [7, 11) is 0. The maximum absolute atomic E-state index is 13.5. The maximum atomic E-state index is 13.5. The number of carbonyl (C=O) groups is 2. The average molecular weight is 443 g/mol. The van der Waals surface area contributed by atoms with Gasteiger partial charge in [-0.25, -0.2) is 0 Å². The first-order chi connectivity index (χ1) is 15.0. The molecule has 1 aliphatic heterocycles. The third-order valence-electron chi connectivity index (χ3n) is 5.74. The minimum Gasteiger partial charge on any atom is -0.382 e. The van der Waals surface area contributed by atoms with Crippen molar-refractivity contribution in [1.82, 2.24) is 9.80 Å². The Labute approximate surface area is 190 Å². The molecule has 2 amide bonds. The standard InChI is InChI=1S/C25H34N2O3S/c1-4-7-23(28)26(14-6-16-30-5-2)18-24(29)27-15-12-22-21(13-17-31-22)25(27)20-10-8-19(3)9-11-20/h8-11,13,17,25H,4-7,12,14-16,18H2,1-3H3. The Morgan fingerprint density at radius 2 is 1.97 bits per heavy atom. The van der Waals surface area contributed by atoms with E-state index < -0.39 is 0 Å². The highest BCUT2D eigenvalue weighted by Gasteiger charge is 2.33. The molecule has 0 radical (unpaired) electrons. The smallest absolute Gasteiger partial charge is 0.242 e. The summed E-state index contributed by atoms with van der Waals surface area (Å²) in [6.45, 7) is 8.66. The lowest BCUT2D eigenvalue weighted by Gasteiger charge is -2.37. The van der Waals surface area contributed by atoms with Gasteiger partial charge in [0.25, 0.3) is 0 Å². The Bertz CT molecular complexity index is 862. The van der Waals surface area contributed by atoms with Crippen LogP contribution in [0.2, 0.25) is 0 Å². The van der Waals surface area contributed by atoms with E-state index in [1.807, 2.05) is 18.7 Å². The number of hydrogen-bond donors (Lipinski definition) is 0. The van der Waals surface area contributed by atoms with Crippen LogP contribution in [0.5, 0.6) is 0 Å². The van der Waals surface area contributed by atoms with Crippen molar-refractivity contribution < 1.29 is 14.3 Å². The predicted molar refractivity (Wildman–Crippen MR) is 125 cm³/mol. The molecule has 5 nitrogen and oxygen atoms in total. The van der Waals surface area contributed by atoms with Gasteiger partial charge in [0.15, 0.2) is 0 Å². The highest BCUT2D eigenvalue weighted by atomic mass is 32.1. The molecule has 1 aliphatic rings. The second kappa shape index (κ2) is 11.4. The Morgan fingerprint density at radius 1 is 1.19 bits per heavy atom. The lowest BCUT2D eigenvalue weighted by molar-refractivity contribution is -0.142. The summed E-state index contributed by atoms with van der Waals surface area (Å²) in [6.07, 6.45) is 2.86. The zero-order chi connectivity index (χ0) is 22.2. The highest BCUT2D eigenvalue weighted by Crippen LogP contribution is 2.38. The number of ether oxygens (including phenoxy) is 1. The zero-order valence-corrected chi connectivity index (χ0v) is 19.7. The Morgan fingerprint density at radius 3 is 2.68 bits per heavy atom. The van der Waals surface area contributed by atoms with E-state index in [-0.39, 0.29) is 24.4 Å². The molecule has 0 spiro atoms. The van der Waals surface area contributed by atoms with Crippen molar-refractivity contribution in [3.63, 3.8) is 0 Å². The molecule has 2 heterocycles. The second-order valence-corrected chi connectivity index (χ2v) is 9.07. The van der Waals surface area contributed by atoms with Crippen molar-refractivity contribution in [3.8, 4) is 0 Å². The van der Waals surface area contributed by atoms with Crippen LogP contribution in [0.4, 0.5) is 0 Å². The minimum atomic E-state index is -0.0883. The van der Waals surface area contributed by atoms with Crippen LogP contribution < -0.4 is 0 Å². The average Bonchev–Trinajstić information content (AvgIpc) is 3.25. The molecule has 0 aliphatic carbocycles. The van der Waals surface area contributed by atoms with Crippen molar-refractivity contribution in [1.29, 1.82) is 0 Å². The molecule has 0 bridgehead atoms. The third-order valence-corrected chi connectivity index (χ3v) is 6.74. The van der Waals surface area contributed by atoms with E-state index in [2.05, 4.69) is 42.6 Å². The summed E-state index contributed by atoms with van der Waals surface area (Å²) < 4.78 is 5.43. The van der Waals surface area contributed by atoms with Crippen LogP contribution in [0.15, 0.2) is 35.7 Å². The van der Waals surface area contributed by atoms with Gasteiger partial charge in [-0.15, -0.1) is 11.3 Å². The van der Waals surface area contributed by atoms with Crippen molar-refractivity contribution >= 4 is 23.2 Å². The molecule has 31 heavy (non-hydrogen) atoms. The van der Waals surface area contributed by atoms with Crippen molar-refractivity contribution in [3.05, 3.63) is 57.3 Å². The summed E-state index contributed by atoms with van der Waals surface area (Å²) in [5, 5.41) is 2.12. The van der Waals surface area contributed by atoms with Gasteiger partial charge in [-0.2, -0.15) is 0 Å². The lowest BCUT2D eigenvalue weighted by atomic mass is 9.92. The second-order valence-electron chi connectivity index (χ2n) is 8.07. The van der Waals surface area contributed by atoms with E-state index in [4.69, 9.17) is 4.74 Å². The predicted octanol–water partition coefficient (Wildman–Crippen LogP) is 4.59. The number of nitrogens with zero attached hydrogens (tertiary/aromatic N) is 2. The van der Waals surface area contributed by atoms with Crippen LogP contribution in [-0.2, 0) is 20.7 Å². The van der Waals surface area contributed by atoms with E-state index in [1.165, 1.54) is 16.0 Å². The van der Waals surface area contributed by atoms with E-state index in [0.717, 1.165) is 24.8 Å². The molecule has 168 valence electrons. The monoisotopic (exact) mass is 442 g/mol. The topological polar surface area (TPSA) is 49.9 Å². The molecule has 1 atom stereocenters. The molecule has 2 aromatic rings. The van der Waals surface area contributed by atoms with Gasteiger partial charge in [-0.1, -0.05) is 36.8 Å². The fourth-order valence-electron chi connectivity index (χ4n) is 4.11. The number of hydrogen-bond acceptors (Lipinski definition) is 4. The fraction of sp³-hybridized carbons (Fsp3) is 0.520. The van der Waals surface area contributed by atoms with E-state index in [0.29, 0.717) is 32.7 Å². The number of aryl methyl sites for hydroxylation is 1. The Hall–Kier alpha value is -2.18. The zero-order valence-electron chi connectivity index (χ0n) is 18.9. The van der Waals surface area contributed by atoms with Crippen LogP contribution >= 0.6 is 11.3 Å². The molecular formula is C25H34N2O3S. The number of benzene rings is 1. The molecule has 0 N–H and O–H groups in total. The molecule has 1 aromatic carbocycles. The first-order valence-electron chi connectivity index (χ1n) is 11.3. The highest BCUT2D eigenvalue weighted by molar-refractivity contribution is 7.10. The lowest BCUT2D eigenvalue weighted by Crippen LogP contribution is -2.47. The van der Waals surface area contributed by atoms with Gasteiger partial charge < -0.3 is 14.5 Å². The molecule has 1 aromatic heterocycles. The van der Waals surface area contributed by atoms with E-state index in [9.17, 15) is 9.59 Å². The number of rotatable bonds is 10. The van der Waals surface area contributed by atoms with Crippen molar-refractivity contribution in [2.45, 2.75) is 52.5 Å². The Balaban J connectivity index is 1.79. The summed E-state index contributed by atoms with van der Waals surface area (Å²) in [4.78, 5) is 31.2. The SMILES string of the molecule is CCCC(=O)N(CCCOCC)CC(=O)N1CCc2sccc2C1c1ccc(C)cc1. The summed E-state index contributed by atoms with van der Waals surface area (Å²) >= 11 is 1.77. The number of fused-ring (bicyclic) bond motifs is 1. The first kappa shape index (κ1) is 23.5. The van der Waals surface area contributed by atoms with Crippen LogP contribution in [0, 0.1) is 6.92 Å². The van der Waals surface area contributed by atoms with Crippen LogP contribution in [0.25, 0.3) is 0 Å². The number of amides is 2. The van der Waals surface area contributed by atoms with Crippen LogP contribution in [0.1, 0.15) is 60.7 Å². The largest absolute Gasteiger partial charge is 0.382 e. The van der Waals surface area contributed by atoms with Gasteiger partial charge >= 0.3 is 0 Å². The summed E-state index contributed by atoms with van der Waals surface area (Å²) in [5.74, 6) is 0.0655. The van der Waals surface area contributed by atoms with E-state index >= 15 is 0 Å². The van der Waals surface area contributed by atoms with Gasteiger partial charge in [0.1, 0.15) is 0 Å². The van der Waals surface area contributed by atoms with Gasteiger partial charge in [-0.3, -0.25) is 9.59 Å². The Kier molecular flexibility index (Phi) is 8.67. The van der Waals surface area contributed by atoms with Gasteiger partial charge in [-0.05, 0) is 55.7 Å². The molecule has 3 rings (SSSR count). The van der Waals surface area contributed by atoms with Crippen molar-refractivity contribution in [2.24, 2.45) is 0 Å². The minimum absolute atomic E-state index is 0.0169. The third kappa shape index (κ3) is 5.95. The molecule has 6 heteroatoms. The molecule has 0 saturated heterocycles. The fourth-order valence-corrected chi connectivity index (χ4v) is 5.02. The van der Waals surface area contributed by atoms with Gasteiger partial charge in [0, 0.05) is 37.6 Å². The van der Waals surface area contributed by atoms with Crippen LogP contribution in [-0.4, -0.2) is 54.5 Å². The van der Waals surface area contributed by atoms with Gasteiger partial charge in [0.2, 0.25) is 11.8 Å². The number of thiophene rings is 1. The first-order valence-corrected chi connectivity index (χ1v) is 12.2. The molecule has 0 fully saturated rings. The van der Waals surface area contributed by atoms with Crippen LogP contribution in [0.3, 0.4) is 0 Å². The molecule has 1 unspecified atom stereocenters. The van der Waals surface area contributed by atoms with E-state index in [1.54, 1.807) is 16.2 Å². The number of carbonyl (C=O) groups excluding carboxylic acids is 2. The summed E-state index contributed by atoms with van der Waals surface area (Å²) in [6, 6.07) is 10.5. The quantitative estimate of drug-likeness (QED) is 0.506. The summed E-state index contributed by atoms with van der Waals surface area (Å²) in [5.41, 5.74) is 3.55. The van der Waals surface area contributed by atoms with Gasteiger partial charge in [0.05, 0.1) is 12.6 Å². The van der Waals surface area contributed by atoms with Crippen molar-refractivity contribution in [2.75, 3.05) is 32.8 Å². The maximum Gasteiger partial charge on any atom is 0.242 e. The molecular weight excluding hydrogens is 408 g/mol. The normalized spacial score (nSPS) is 15.6. The molecule has 0 saturated carbocycles.